The monoisotopic (exact) mass is 422 g/mol. The van der Waals surface area contributed by atoms with E-state index in [9.17, 15) is 4.39 Å². The Morgan fingerprint density at radius 1 is 1.24 bits per heavy atom. The van der Waals surface area contributed by atoms with Gasteiger partial charge in [0.05, 0.1) is 20.5 Å². The molecule has 0 radical (unpaired) electrons. The third-order valence-electron chi connectivity index (χ3n) is 4.09. The molecule has 0 aliphatic rings. The Kier molecular flexibility index (Phi) is 5.52. The summed E-state index contributed by atoms with van der Waals surface area (Å²) in [6.07, 6.45) is 0. The minimum Gasteiger partial charge on any atom is -0.327 e. The smallest absolute Gasteiger partial charge is 0.138 e. The fourth-order valence-corrected chi connectivity index (χ4v) is 3.53. The molecule has 0 fully saturated rings. The van der Waals surface area contributed by atoms with Crippen molar-refractivity contribution in [1.29, 1.82) is 0 Å². The van der Waals surface area contributed by atoms with Crippen LogP contribution >= 0.6 is 34.2 Å². The fraction of sp³-hybridized carbons (Fsp3) is 0.562. The van der Waals surface area contributed by atoms with Gasteiger partial charge in [0, 0.05) is 12.6 Å². The van der Waals surface area contributed by atoms with Gasteiger partial charge in [0.15, 0.2) is 0 Å². The Hall–Kier alpha value is -0.360. The predicted octanol–water partition coefficient (Wildman–Crippen LogP) is 5.45. The van der Waals surface area contributed by atoms with Crippen LogP contribution in [0.1, 0.15) is 33.5 Å². The highest BCUT2D eigenvalue weighted by Gasteiger charge is 2.21. The predicted molar refractivity (Wildman–Crippen MR) is 95.1 cm³/mol. The third kappa shape index (κ3) is 3.52. The SMILES string of the molecule is CC(C)C(Cn1c(CCl)nc2cc(I)c(F)cc21)C(C)C. The summed E-state index contributed by atoms with van der Waals surface area (Å²) in [7, 11) is 0. The van der Waals surface area contributed by atoms with Gasteiger partial charge in [-0.25, -0.2) is 9.37 Å². The molecule has 0 aliphatic carbocycles. The quantitative estimate of drug-likeness (QED) is 0.463. The van der Waals surface area contributed by atoms with Crippen LogP contribution in [-0.4, -0.2) is 9.55 Å². The van der Waals surface area contributed by atoms with Gasteiger partial charge in [-0.05, 0) is 46.4 Å². The van der Waals surface area contributed by atoms with Gasteiger partial charge in [-0.1, -0.05) is 27.7 Å². The second-order valence-corrected chi connectivity index (χ2v) is 7.61. The van der Waals surface area contributed by atoms with Gasteiger partial charge in [-0.2, -0.15) is 0 Å². The van der Waals surface area contributed by atoms with E-state index in [2.05, 4.69) is 37.2 Å². The van der Waals surface area contributed by atoms with Crippen molar-refractivity contribution in [2.45, 2.75) is 40.1 Å². The van der Waals surface area contributed by atoms with E-state index >= 15 is 0 Å². The van der Waals surface area contributed by atoms with Crippen LogP contribution in [0.15, 0.2) is 12.1 Å². The average molecular weight is 423 g/mol. The summed E-state index contributed by atoms with van der Waals surface area (Å²) in [5.41, 5.74) is 1.66. The van der Waals surface area contributed by atoms with Crippen molar-refractivity contribution in [3.63, 3.8) is 0 Å². The first-order chi connectivity index (χ1) is 9.85. The van der Waals surface area contributed by atoms with Crippen LogP contribution in [0.4, 0.5) is 4.39 Å². The summed E-state index contributed by atoms with van der Waals surface area (Å²) < 4.78 is 16.6. The second kappa shape index (κ2) is 6.82. The summed E-state index contributed by atoms with van der Waals surface area (Å²) in [4.78, 5) is 4.56. The molecule has 0 spiro atoms. The molecule has 2 aromatic rings. The van der Waals surface area contributed by atoms with Gasteiger partial charge < -0.3 is 4.57 Å². The van der Waals surface area contributed by atoms with Gasteiger partial charge in [0.2, 0.25) is 0 Å². The van der Waals surface area contributed by atoms with Crippen molar-refractivity contribution in [2.75, 3.05) is 0 Å². The summed E-state index contributed by atoms with van der Waals surface area (Å²) in [5.74, 6) is 2.58. The van der Waals surface area contributed by atoms with Crippen LogP contribution in [0.3, 0.4) is 0 Å². The maximum Gasteiger partial charge on any atom is 0.138 e. The zero-order chi connectivity index (χ0) is 15.7. The molecule has 0 unspecified atom stereocenters. The van der Waals surface area contributed by atoms with Gasteiger partial charge >= 0.3 is 0 Å². The molecular weight excluding hydrogens is 402 g/mol. The van der Waals surface area contributed by atoms with Crippen LogP contribution in [0.2, 0.25) is 0 Å². The van der Waals surface area contributed by atoms with Gasteiger partial charge in [0.1, 0.15) is 11.6 Å². The highest BCUT2D eigenvalue weighted by atomic mass is 127. The Morgan fingerprint density at radius 2 is 1.86 bits per heavy atom. The lowest BCUT2D eigenvalue weighted by Gasteiger charge is -2.26. The lowest BCUT2D eigenvalue weighted by molar-refractivity contribution is 0.252. The minimum absolute atomic E-state index is 0.198. The summed E-state index contributed by atoms with van der Waals surface area (Å²) in [6.45, 7) is 9.75. The number of nitrogens with zero attached hydrogens (tertiary/aromatic N) is 2. The number of benzene rings is 1. The molecule has 5 heteroatoms. The Bertz CT molecular complexity index is 629. The largest absolute Gasteiger partial charge is 0.327 e. The molecule has 0 aliphatic heterocycles. The molecule has 0 amide bonds. The highest BCUT2D eigenvalue weighted by molar-refractivity contribution is 14.1. The van der Waals surface area contributed by atoms with Gasteiger partial charge in [0.25, 0.3) is 0 Å². The molecule has 0 N–H and O–H groups in total. The lowest BCUT2D eigenvalue weighted by Crippen LogP contribution is -2.22. The molecule has 21 heavy (non-hydrogen) atoms. The van der Waals surface area contributed by atoms with Crippen LogP contribution in [-0.2, 0) is 12.4 Å². The maximum atomic E-state index is 13.9. The van der Waals surface area contributed by atoms with Gasteiger partial charge in [-0.3, -0.25) is 0 Å². The molecular formula is C16H21ClFIN2. The van der Waals surface area contributed by atoms with Crippen molar-refractivity contribution in [3.05, 3.63) is 27.3 Å². The van der Waals surface area contributed by atoms with E-state index in [1.165, 1.54) is 0 Å². The maximum absolute atomic E-state index is 13.9. The van der Waals surface area contributed by atoms with Crippen LogP contribution < -0.4 is 0 Å². The first-order valence-corrected chi connectivity index (χ1v) is 8.86. The summed E-state index contributed by atoms with van der Waals surface area (Å²) >= 11 is 8.04. The molecule has 0 saturated carbocycles. The summed E-state index contributed by atoms with van der Waals surface area (Å²) in [6, 6.07) is 3.37. The fourth-order valence-electron chi connectivity index (χ4n) is 2.88. The molecule has 0 saturated heterocycles. The molecule has 2 rings (SSSR count). The third-order valence-corrected chi connectivity index (χ3v) is 5.16. The lowest BCUT2D eigenvalue weighted by atomic mass is 9.85. The van der Waals surface area contributed by atoms with E-state index in [4.69, 9.17) is 11.6 Å². The molecule has 1 aromatic heterocycles. The van der Waals surface area contributed by atoms with E-state index in [1.54, 1.807) is 12.1 Å². The molecule has 1 aromatic carbocycles. The summed E-state index contributed by atoms with van der Waals surface area (Å²) in [5, 5.41) is 0. The number of aromatic nitrogens is 2. The van der Waals surface area contributed by atoms with E-state index in [0.29, 0.717) is 27.2 Å². The van der Waals surface area contributed by atoms with Crippen molar-refractivity contribution in [2.24, 2.45) is 17.8 Å². The molecule has 0 bridgehead atoms. The molecule has 2 nitrogen and oxygen atoms in total. The number of halogens is 3. The van der Waals surface area contributed by atoms with Crippen LogP contribution in [0.25, 0.3) is 11.0 Å². The number of fused-ring (bicyclic) bond motifs is 1. The van der Waals surface area contributed by atoms with E-state index in [-0.39, 0.29) is 5.82 Å². The topological polar surface area (TPSA) is 17.8 Å². The molecule has 0 atom stereocenters. The van der Waals surface area contributed by atoms with Crippen molar-refractivity contribution in [1.82, 2.24) is 9.55 Å². The zero-order valence-corrected chi connectivity index (χ0v) is 15.7. The van der Waals surface area contributed by atoms with E-state index < -0.39 is 0 Å². The van der Waals surface area contributed by atoms with Gasteiger partial charge in [-0.15, -0.1) is 11.6 Å². The number of rotatable bonds is 5. The molecule has 1 heterocycles. The Labute approximate surface area is 144 Å². The Balaban J connectivity index is 2.53. The Morgan fingerprint density at radius 3 is 2.38 bits per heavy atom. The zero-order valence-electron chi connectivity index (χ0n) is 12.8. The average Bonchev–Trinajstić information content (AvgIpc) is 2.73. The number of alkyl halides is 1. The van der Waals surface area contributed by atoms with Crippen molar-refractivity contribution < 1.29 is 4.39 Å². The van der Waals surface area contributed by atoms with Crippen LogP contribution in [0.5, 0.6) is 0 Å². The number of hydrogen-bond donors (Lipinski definition) is 0. The highest BCUT2D eigenvalue weighted by Crippen LogP contribution is 2.28. The van der Waals surface area contributed by atoms with Crippen LogP contribution in [0, 0.1) is 27.1 Å². The normalized spacial score (nSPS) is 12.3. The number of imidazole rings is 1. The van der Waals surface area contributed by atoms with Crippen molar-refractivity contribution in [3.8, 4) is 0 Å². The first kappa shape index (κ1) is 17.0. The van der Waals surface area contributed by atoms with Crippen molar-refractivity contribution >= 4 is 45.2 Å². The van der Waals surface area contributed by atoms with E-state index in [1.807, 2.05) is 22.6 Å². The first-order valence-electron chi connectivity index (χ1n) is 7.25. The minimum atomic E-state index is -0.198. The second-order valence-electron chi connectivity index (χ2n) is 6.18. The molecule has 116 valence electrons. The standard InChI is InChI=1S/C16H21ClFIN2/c1-9(2)11(10(3)4)8-21-15-5-12(18)13(19)6-14(15)20-16(21)7-17/h5-6,9-11H,7-8H2,1-4H3. The number of hydrogen-bond acceptors (Lipinski definition) is 1. The van der Waals surface area contributed by atoms with E-state index in [0.717, 1.165) is 23.4 Å².